The number of halogens is 8. The second-order valence-corrected chi connectivity index (χ2v) is 26.6. The lowest BCUT2D eigenvalue weighted by Gasteiger charge is -2.14. The van der Waals surface area contributed by atoms with E-state index >= 15 is 0 Å². The van der Waals surface area contributed by atoms with Crippen LogP contribution in [0.25, 0.3) is 0 Å². The van der Waals surface area contributed by atoms with Crippen LogP contribution in [0.5, 0.6) is 23.0 Å². The number of anilines is 4. The number of nitrogens with one attached hydrogen (secondary N) is 6. The Morgan fingerprint density at radius 2 is 0.867 bits per heavy atom. The summed E-state index contributed by atoms with van der Waals surface area (Å²) in [5.41, 5.74) is -1.20. The van der Waals surface area contributed by atoms with Crippen LogP contribution in [0, 0.1) is 0 Å². The number of pyridine rings is 2. The SMILES string of the molecule is C[Si](C)(O)CCCNC(=O)c1cc(Oc2ccc(NC(=O)Nc3ccc(Cl)c(C(F)(F)F)c3)cc2)ccn1.C[Si](C)(O)CCNC(=O)c1cc(Oc2ccc(NC(=O)Nc3ccc(Cl)c(C(F)(F)F)c3)cc2)ccn1. The minimum atomic E-state index is -4.65. The standard InChI is InChI=1S/C25H26ClF3N4O4Si.C24H24ClF3N4O4Si/c1-38(2,36)13-3-11-31-23(34)22-15-19(10-12-30-22)37-18-7-4-16(5-8-18)32-24(35)33-17-6-9-21(26)20(14-17)25(27,28)29;1-37(2,35)12-11-30-22(33)21-14-18(9-10-29-21)36-17-6-3-15(4-7-17)31-23(34)32-16-5-8-20(25)19(13-16)24(26,27)28/h4-10,12,14-15,36H,3,11,13H2,1-2H3,(H,31,34)(H2,32,33,35);3-10,13-14,35H,11-12H2,1-2H3,(H,30,33)(H2,31,32,34). The quantitative estimate of drug-likeness (QED) is 0.0245. The van der Waals surface area contributed by atoms with Crippen LogP contribution in [0.15, 0.2) is 122 Å². The zero-order chi connectivity index (χ0) is 55.1. The number of amides is 6. The van der Waals surface area contributed by atoms with Crippen molar-refractivity contribution in [3.8, 4) is 23.0 Å². The molecule has 0 spiro atoms. The molecule has 0 bridgehead atoms. The molecule has 16 nitrogen and oxygen atoms in total. The molecule has 2 aromatic heterocycles. The Hall–Kier alpha value is -7.23. The minimum absolute atomic E-state index is 0.0733. The first-order chi connectivity index (χ1) is 35.1. The van der Waals surface area contributed by atoms with E-state index in [1.165, 1.54) is 48.8 Å². The van der Waals surface area contributed by atoms with E-state index < -0.39 is 68.1 Å². The molecule has 0 atom stereocenters. The lowest BCUT2D eigenvalue weighted by molar-refractivity contribution is -0.138. The molecule has 8 N–H and O–H groups in total. The Bertz CT molecular complexity index is 2950. The maximum Gasteiger partial charge on any atom is 0.417 e. The van der Waals surface area contributed by atoms with Crippen molar-refractivity contribution in [1.29, 1.82) is 0 Å². The van der Waals surface area contributed by atoms with Gasteiger partial charge in [-0.05, 0) is 142 Å². The first-order valence-electron chi connectivity index (χ1n) is 22.5. The average Bonchev–Trinajstić information content (AvgIpc) is 3.32. The number of aromatic nitrogens is 2. The average molecular weight is 1120 g/mol. The maximum atomic E-state index is 13.0. The van der Waals surface area contributed by atoms with E-state index in [-0.39, 0.29) is 28.7 Å². The molecule has 2 heterocycles. The molecule has 398 valence electrons. The molecule has 26 heteroatoms. The Labute approximate surface area is 438 Å². The molecule has 4 aromatic carbocycles. The normalized spacial score (nSPS) is 11.5. The molecular formula is C49H50Cl2F6N8O8Si2. The monoisotopic (exact) mass is 1120 g/mol. The highest BCUT2D eigenvalue weighted by Crippen LogP contribution is 2.37. The van der Waals surface area contributed by atoms with Crippen LogP contribution in [0.2, 0.25) is 48.3 Å². The number of ether oxygens (including phenoxy) is 2. The molecule has 75 heavy (non-hydrogen) atoms. The van der Waals surface area contributed by atoms with E-state index in [4.69, 9.17) is 32.7 Å². The molecule has 6 aromatic rings. The summed E-state index contributed by atoms with van der Waals surface area (Å²) in [7, 11) is -4.43. The number of alkyl halides is 6. The van der Waals surface area contributed by atoms with E-state index in [0.717, 1.165) is 24.3 Å². The van der Waals surface area contributed by atoms with Gasteiger partial charge >= 0.3 is 24.4 Å². The molecule has 0 radical (unpaired) electrons. The number of hydrogen-bond donors (Lipinski definition) is 8. The van der Waals surface area contributed by atoms with Crippen LogP contribution in [-0.4, -0.2) is 73.2 Å². The van der Waals surface area contributed by atoms with Crippen molar-refractivity contribution in [2.45, 2.75) is 57.0 Å². The van der Waals surface area contributed by atoms with Gasteiger partial charge in [-0.3, -0.25) is 19.6 Å². The fourth-order valence-electron chi connectivity index (χ4n) is 6.30. The number of carbonyl (C=O) groups is 4. The third kappa shape index (κ3) is 20.2. The van der Waals surface area contributed by atoms with E-state index in [2.05, 4.69) is 41.9 Å². The summed E-state index contributed by atoms with van der Waals surface area (Å²) in [6.45, 7) is 8.01. The predicted octanol–water partition coefficient (Wildman–Crippen LogP) is 12.6. The lowest BCUT2D eigenvalue weighted by atomic mass is 10.2. The maximum absolute atomic E-state index is 13.0. The van der Waals surface area contributed by atoms with Crippen molar-refractivity contribution in [3.05, 3.63) is 154 Å². The zero-order valence-corrected chi connectivity index (χ0v) is 43.9. The van der Waals surface area contributed by atoms with Gasteiger partial charge in [0.05, 0.1) is 21.2 Å². The van der Waals surface area contributed by atoms with Crippen molar-refractivity contribution in [2.75, 3.05) is 34.4 Å². The smallest absolute Gasteiger partial charge is 0.417 e. The van der Waals surface area contributed by atoms with Gasteiger partial charge in [-0.1, -0.05) is 23.2 Å². The highest BCUT2D eigenvalue weighted by atomic mass is 35.5. The lowest BCUT2D eigenvalue weighted by Crippen LogP contribution is -2.33. The third-order valence-electron chi connectivity index (χ3n) is 9.96. The fourth-order valence-corrected chi connectivity index (χ4v) is 8.52. The second kappa shape index (κ2) is 25.8. The summed E-state index contributed by atoms with van der Waals surface area (Å²) in [5, 5.41) is 14.2. The number of hydrogen-bond acceptors (Lipinski definition) is 10. The van der Waals surface area contributed by atoms with Gasteiger partial charge in [0.2, 0.25) is 0 Å². The molecule has 0 aliphatic rings. The van der Waals surface area contributed by atoms with Crippen molar-refractivity contribution >= 4 is 86.5 Å². The van der Waals surface area contributed by atoms with Crippen molar-refractivity contribution in [3.63, 3.8) is 0 Å². The molecule has 0 aliphatic heterocycles. The van der Waals surface area contributed by atoms with Crippen molar-refractivity contribution in [2.24, 2.45) is 0 Å². The fraction of sp³-hybridized carbons (Fsp3) is 0.224. The molecule has 6 rings (SSSR count). The van der Waals surface area contributed by atoms with Gasteiger partial charge in [0.25, 0.3) is 11.8 Å². The number of benzene rings is 4. The predicted molar refractivity (Wildman–Crippen MR) is 278 cm³/mol. The summed E-state index contributed by atoms with van der Waals surface area (Å²) in [4.78, 5) is 76.9. The van der Waals surface area contributed by atoms with Gasteiger partial charge in [-0.25, -0.2) is 9.59 Å². The largest absolute Gasteiger partial charge is 0.457 e. The Morgan fingerprint density at radius 3 is 1.24 bits per heavy atom. The Balaban J connectivity index is 0.000000277. The van der Waals surface area contributed by atoms with E-state index in [1.807, 2.05) is 13.1 Å². The van der Waals surface area contributed by atoms with Crippen LogP contribution in [0.4, 0.5) is 58.7 Å². The van der Waals surface area contributed by atoms with Gasteiger partial charge < -0.3 is 51.0 Å². The summed E-state index contributed by atoms with van der Waals surface area (Å²) in [6.07, 6.45) is -5.77. The number of urea groups is 2. The van der Waals surface area contributed by atoms with Crippen molar-refractivity contribution in [1.82, 2.24) is 20.6 Å². The molecule has 0 unspecified atom stereocenters. The summed E-state index contributed by atoms with van der Waals surface area (Å²) < 4.78 is 89.5. The molecule has 0 aliphatic carbocycles. The summed E-state index contributed by atoms with van der Waals surface area (Å²) >= 11 is 11.2. The molecule has 0 fully saturated rings. The molecular weight excluding hydrogens is 1070 g/mol. The van der Waals surface area contributed by atoms with E-state index in [9.17, 15) is 55.1 Å². The number of rotatable bonds is 17. The molecule has 0 saturated heterocycles. The number of carbonyl (C=O) groups excluding carboxylic acids is 4. The Kier molecular flexibility index (Phi) is 20.2. The third-order valence-corrected chi connectivity index (χ3v) is 13.7. The van der Waals surface area contributed by atoms with Gasteiger partial charge in [0.15, 0.2) is 16.6 Å². The van der Waals surface area contributed by atoms with Gasteiger partial charge in [-0.2, -0.15) is 26.3 Å². The minimum Gasteiger partial charge on any atom is -0.457 e. The molecule has 0 saturated carbocycles. The zero-order valence-electron chi connectivity index (χ0n) is 40.3. The first-order valence-corrected chi connectivity index (χ1v) is 29.6. The second-order valence-electron chi connectivity index (χ2n) is 17.5. The van der Waals surface area contributed by atoms with Crippen LogP contribution in [0.1, 0.15) is 38.5 Å². The van der Waals surface area contributed by atoms with Crippen LogP contribution in [0.3, 0.4) is 0 Å². The molecule has 6 amide bonds. The highest BCUT2D eigenvalue weighted by Gasteiger charge is 2.34. The first kappa shape index (κ1) is 58.7. The topological polar surface area (TPSA) is 225 Å². The van der Waals surface area contributed by atoms with Gasteiger partial charge in [-0.15, -0.1) is 0 Å². The van der Waals surface area contributed by atoms with Crippen LogP contribution < -0.4 is 41.4 Å². The highest BCUT2D eigenvalue weighted by molar-refractivity contribution is 6.70. The van der Waals surface area contributed by atoms with Gasteiger partial charge in [0.1, 0.15) is 34.4 Å². The van der Waals surface area contributed by atoms with Crippen LogP contribution >= 0.6 is 23.2 Å². The summed E-state index contributed by atoms with van der Waals surface area (Å²) in [5.74, 6) is 0.799. The van der Waals surface area contributed by atoms with Gasteiger partial charge in [0, 0.05) is 60.4 Å². The van der Waals surface area contributed by atoms with Crippen LogP contribution in [-0.2, 0) is 12.4 Å². The van der Waals surface area contributed by atoms with E-state index in [0.29, 0.717) is 66.0 Å². The van der Waals surface area contributed by atoms with Crippen molar-refractivity contribution < 1.29 is 64.6 Å². The number of nitrogens with zero attached hydrogens (tertiary/aromatic N) is 2. The Morgan fingerprint density at radius 1 is 0.507 bits per heavy atom. The van der Waals surface area contributed by atoms with E-state index in [1.54, 1.807) is 61.6 Å². The summed E-state index contributed by atoms with van der Waals surface area (Å²) in [6, 6.07) is 24.3.